The van der Waals surface area contributed by atoms with Crippen molar-refractivity contribution in [1.29, 1.82) is 0 Å². The van der Waals surface area contributed by atoms with Crippen LogP contribution in [0.15, 0.2) is 24.4 Å². The summed E-state index contributed by atoms with van der Waals surface area (Å²) in [6, 6.07) is 5.18. The molecule has 0 fully saturated rings. The molecule has 0 aliphatic heterocycles. The molecule has 106 valence electrons. The van der Waals surface area contributed by atoms with Gasteiger partial charge in [0.05, 0.1) is 16.9 Å². The lowest BCUT2D eigenvalue weighted by Crippen LogP contribution is -2.11. The fraction of sp³-hybridized carbons (Fsp3) is 0.308. The van der Waals surface area contributed by atoms with Crippen molar-refractivity contribution in [3.05, 3.63) is 34.4 Å². The van der Waals surface area contributed by atoms with Crippen molar-refractivity contribution in [1.82, 2.24) is 15.2 Å². The van der Waals surface area contributed by atoms with E-state index in [0.29, 0.717) is 33.4 Å². The standard InChI is InChI=1S/C13H15Cl2N5/c1-8(2)6-16-13-19-12(7-17-20-13)18-11-5-9(14)3-4-10(11)15/h3-5,7-8H,6H2,1-2H3,(H2,16,18,19,20). The van der Waals surface area contributed by atoms with Gasteiger partial charge in [-0.2, -0.15) is 10.1 Å². The minimum absolute atomic E-state index is 0.474. The zero-order valence-electron chi connectivity index (χ0n) is 11.2. The predicted octanol–water partition coefficient (Wildman–Crippen LogP) is 3.99. The molecule has 2 aromatic rings. The van der Waals surface area contributed by atoms with Crippen LogP contribution in [-0.4, -0.2) is 21.7 Å². The van der Waals surface area contributed by atoms with Crippen LogP contribution in [0.4, 0.5) is 17.5 Å². The molecule has 7 heteroatoms. The lowest BCUT2D eigenvalue weighted by Gasteiger charge is -2.10. The van der Waals surface area contributed by atoms with Crippen molar-refractivity contribution < 1.29 is 0 Å². The highest BCUT2D eigenvalue weighted by Crippen LogP contribution is 2.27. The molecule has 20 heavy (non-hydrogen) atoms. The predicted molar refractivity (Wildman–Crippen MR) is 82.9 cm³/mol. The van der Waals surface area contributed by atoms with Crippen LogP contribution in [0.5, 0.6) is 0 Å². The summed E-state index contributed by atoms with van der Waals surface area (Å²) in [6.07, 6.45) is 1.53. The average Bonchev–Trinajstić information content (AvgIpc) is 2.41. The molecule has 0 bridgehead atoms. The van der Waals surface area contributed by atoms with Gasteiger partial charge in [-0.15, -0.1) is 5.10 Å². The van der Waals surface area contributed by atoms with Crippen LogP contribution in [-0.2, 0) is 0 Å². The van der Waals surface area contributed by atoms with E-state index in [1.807, 2.05) is 0 Å². The van der Waals surface area contributed by atoms with E-state index in [2.05, 4.69) is 39.7 Å². The van der Waals surface area contributed by atoms with Gasteiger partial charge in [0.2, 0.25) is 5.95 Å². The highest BCUT2D eigenvalue weighted by molar-refractivity contribution is 6.35. The second-order valence-corrected chi connectivity index (χ2v) is 5.53. The van der Waals surface area contributed by atoms with Crippen molar-refractivity contribution in [2.75, 3.05) is 17.2 Å². The molecule has 0 aliphatic rings. The number of hydrogen-bond acceptors (Lipinski definition) is 5. The van der Waals surface area contributed by atoms with Crippen molar-refractivity contribution in [3.8, 4) is 0 Å². The Bertz CT molecular complexity index is 589. The Hall–Kier alpha value is -1.59. The zero-order chi connectivity index (χ0) is 14.5. The smallest absolute Gasteiger partial charge is 0.244 e. The van der Waals surface area contributed by atoms with Crippen LogP contribution in [0.1, 0.15) is 13.8 Å². The Kier molecular flexibility index (Phi) is 4.98. The van der Waals surface area contributed by atoms with Gasteiger partial charge >= 0.3 is 0 Å². The van der Waals surface area contributed by atoms with Crippen LogP contribution in [0, 0.1) is 5.92 Å². The van der Waals surface area contributed by atoms with Crippen LogP contribution in [0.25, 0.3) is 0 Å². The quantitative estimate of drug-likeness (QED) is 0.874. The molecule has 0 spiro atoms. The van der Waals surface area contributed by atoms with Crippen molar-refractivity contribution in [2.24, 2.45) is 5.92 Å². The molecule has 0 radical (unpaired) electrons. The van der Waals surface area contributed by atoms with Gasteiger partial charge in [-0.3, -0.25) is 0 Å². The number of benzene rings is 1. The molecular formula is C13H15Cl2N5. The molecule has 1 aromatic heterocycles. The summed E-state index contributed by atoms with van der Waals surface area (Å²) in [5.41, 5.74) is 0.675. The van der Waals surface area contributed by atoms with Gasteiger partial charge in [-0.25, -0.2) is 0 Å². The Balaban J connectivity index is 2.13. The average molecular weight is 312 g/mol. The zero-order valence-corrected chi connectivity index (χ0v) is 12.7. The van der Waals surface area contributed by atoms with Gasteiger partial charge in [-0.05, 0) is 24.1 Å². The molecule has 0 atom stereocenters. The third-order valence-electron chi connectivity index (χ3n) is 2.42. The Morgan fingerprint density at radius 2 is 2.05 bits per heavy atom. The van der Waals surface area contributed by atoms with Gasteiger partial charge < -0.3 is 10.6 Å². The minimum Gasteiger partial charge on any atom is -0.353 e. The maximum absolute atomic E-state index is 6.09. The topological polar surface area (TPSA) is 62.7 Å². The molecule has 0 amide bonds. The van der Waals surface area contributed by atoms with Crippen molar-refractivity contribution >= 4 is 40.7 Å². The van der Waals surface area contributed by atoms with Gasteiger partial charge in [0, 0.05) is 11.6 Å². The summed E-state index contributed by atoms with van der Waals surface area (Å²) in [6.45, 7) is 4.99. The molecule has 2 rings (SSSR count). The van der Waals surface area contributed by atoms with Crippen molar-refractivity contribution in [2.45, 2.75) is 13.8 Å². The summed E-state index contributed by atoms with van der Waals surface area (Å²) < 4.78 is 0. The third-order valence-corrected chi connectivity index (χ3v) is 2.98. The number of hydrogen-bond donors (Lipinski definition) is 2. The summed E-state index contributed by atoms with van der Waals surface area (Å²) in [4.78, 5) is 4.31. The number of aromatic nitrogens is 3. The molecule has 5 nitrogen and oxygen atoms in total. The van der Waals surface area contributed by atoms with Crippen LogP contribution in [0.3, 0.4) is 0 Å². The van der Waals surface area contributed by atoms with Gasteiger partial charge in [0.1, 0.15) is 0 Å². The SMILES string of the molecule is CC(C)CNc1nncc(Nc2cc(Cl)ccc2Cl)n1. The first-order chi connectivity index (χ1) is 9.54. The summed E-state index contributed by atoms with van der Waals surface area (Å²) >= 11 is 12.0. The Labute approximate surface area is 127 Å². The Morgan fingerprint density at radius 1 is 1.25 bits per heavy atom. The van der Waals surface area contributed by atoms with E-state index in [4.69, 9.17) is 23.2 Å². The monoisotopic (exact) mass is 311 g/mol. The van der Waals surface area contributed by atoms with E-state index < -0.39 is 0 Å². The highest BCUT2D eigenvalue weighted by atomic mass is 35.5. The molecular weight excluding hydrogens is 297 g/mol. The van der Waals surface area contributed by atoms with E-state index in [1.54, 1.807) is 18.2 Å². The van der Waals surface area contributed by atoms with Crippen LogP contribution < -0.4 is 10.6 Å². The highest BCUT2D eigenvalue weighted by Gasteiger charge is 2.05. The molecule has 0 saturated heterocycles. The normalized spacial score (nSPS) is 10.7. The second kappa shape index (κ2) is 6.72. The molecule has 2 N–H and O–H groups in total. The Morgan fingerprint density at radius 3 is 2.80 bits per heavy atom. The largest absolute Gasteiger partial charge is 0.353 e. The number of nitrogens with one attached hydrogen (secondary N) is 2. The molecule has 0 saturated carbocycles. The molecule has 0 unspecified atom stereocenters. The van der Waals surface area contributed by atoms with Crippen molar-refractivity contribution in [3.63, 3.8) is 0 Å². The van der Waals surface area contributed by atoms with Crippen LogP contribution >= 0.6 is 23.2 Å². The van der Waals surface area contributed by atoms with Crippen LogP contribution in [0.2, 0.25) is 10.0 Å². The number of anilines is 3. The van der Waals surface area contributed by atoms with E-state index in [9.17, 15) is 0 Å². The lowest BCUT2D eigenvalue weighted by atomic mass is 10.2. The fourth-order valence-corrected chi connectivity index (χ4v) is 1.80. The number of halogens is 2. The van der Waals surface area contributed by atoms with Gasteiger partial charge in [0.15, 0.2) is 5.82 Å². The summed E-state index contributed by atoms with van der Waals surface area (Å²) in [5, 5.41) is 15.2. The van der Waals surface area contributed by atoms with E-state index in [0.717, 1.165) is 6.54 Å². The number of nitrogens with zero attached hydrogens (tertiary/aromatic N) is 3. The summed E-state index contributed by atoms with van der Waals surface area (Å²) in [7, 11) is 0. The molecule has 1 heterocycles. The first-order valence-corrected chi connectivity index (χ1v) is 6.96. The number of rotatable bonds is 5. The van der Waals surface area contributed by atoms with E-state index >= 15 is 0 Å². The maximum Gasteiger partial charge on any atom is 0.244 e. The van der Waals surface area contributed by atoms with Gasteiger partial charge in [0.25, 0.3) is 0 Å². The molecule has 1 aromatic carbocycles. The summed E-state index contributed by atoms with van der Waals surface area (Å²) in [5.74, 6) is 1.52. The first kappa shape index (κ1) is 14.8. The lowest BCUT2D eigenvalue weighted by molar-refractivity contribution is 0.682. The van der Waals surface area contributed by atoms with E-state index in [1.165, 1.54) is 6.20 Å². The van der Waals surface area contributed by atoms with E-state index in [-0.39, 0.29) is 0 Å². The fourth-order valence-electron chi connectivity index (χ4n) is 1.47. The minimum atomic E-state index is 0.474. The maximum atomic E-state index is 6.09. The van der Waals surface area contributed by atoms with Gasteiger partial charge in [-0.1, -0.05) is 37.0 Å². The second-order valence-electron chi connectivity index (χ2n) is 4.69. The molecule has 0 aliphatic carbocycles. The third kappa shape index (κ3) is 4.21. The first-order valence-electron chi connectivity index (χ1n) is 6.20.